The van der Waals surface area contributed by atoms with Crippen molar-refractivity contribution in [1.82, 2.24) is 18.3 Å². The molecular formula is C105H70N4O. The van der Waals surface area contributed by atoms with Gasteiger partial charge in [0.05, 0.1) is 49.8 Å². The third-order valence-corrected chi connectivity index (χ3v) is 23.4. The minimum Gasteiger partial charge on any atom is -0.454 e. The van der Waals surface area contributed by atoms with E-state index < -0.39 is 0 Å². The van der Waals surface area contributed by atoms with Gasteiger partial charge in [0.25, 0.3) is 0 Å². The van der Waals surface area contributed by atoms with E-state index in [0.717, 1.165) is 50.0 Å². The molecule has 0 saturated heterocycles. The van der Waals surface area contributed by atoms with E-state index in [2.05, 4.69) is 408 Å². The van der Waals surface area contributed by atoms with Gasteiger partial charge in [-0.2, -0.15) is 0 Å². The van der Waals surface area contributed by atoms with Gasteiger partial charge < -0.3 is 22.7 Å². The van der Waals surface area contributed by atoms with Crippen LogP contribution in [0.1, 0.15) is 25.0 Å². The summed E-state index contributed by atoms with van der Waals surface area (Å²) in [7, 11) is 0. The molecule has 516 valence electrons. The van der Waals surface area contributed by atoms with Gasteiger partial charge in [-0.1, -0.05) is 275 Å². The number of hydrogen-bond donors (Lipinski definition) is 0. The minimum absolute atomic E-state index is 0.0229. The SMILES string of the molecule is CC1(C)c2ccccc2-c2cc(-n3c4ccccc4c4cc(-c5ccc6c(c5)c5ccccc5n6-c5cc(-c6ccccc6)cc(-c6ccccc6)c5)ccc43)ccc21.c1ccc(-c2cccc(-n3c4ccccc4c4cc(-c5ccc6c(c5)c5ccccc5n6-c5cccc6c5oc5ccccc56)ccc43)c2)cc1. The van der Waals surface area contributed by atoms with E-state index in [9.17, 15) is 0 Å². The van der Waals surface area contributed by atoms with Crippen LogP contribution < -0.4 is 0 Å². The second-order valence-corrected chi connectivity index (χ2v) is 29.9. The molecule has 110 heavy (non-hydrogen) atoms. The summed E-state index contributed by atoms with van der Waals surface area (Å²) < 4.78 is 16.2. The van der Waals surface area contributed by atoms with Crippen LogP contribution in [0.4, 0.5) is 0 Å². The van der Waals surface area contributed by atoms with E-state index in [1.54, 1.807) is 0 Å². The fourth-order valence-corrected chi connectivity index (χ4v) is 18.2. The topological polar surface area (TPSA) is 32.9 Å². The number of aromatic nitrogens is 4. The summed E-state index contributed by atoms with van der Waals surface area (Å²) >= 11 is 0. The van der Waals surface area contributed by atoms with Gasteiger partial charge in [-0.05, 0) is 205 Å². The van der Waals surface area contributed by atoms with Crippen molar-refractivity contribution in [3.05, 3.63) is 399 Å². The van der Waals surface area contributed by atoms with Crippen molar-refractivity contribution in [3.63, 3.8) is 0 Å². The lowest BCUT2D eigenvalue weighted by molar-refractivity contribution is 0.660. The molecule has 17 aromatic carbocycles. The lowest BCUT2D eigenvalue weighted by Gasteiger charge is -2.21. The van der Waals surface area contributed by atoms with Gasteiger partial charge in [-0.3, -0.25) is 0 Å². The van der Waals surface area contributed by atoms with E-state index in [1.165, 1.54) is 160 Å². The maximum absolute atomic E-state index is 6.51. The zero-order chi connectivity index (χ0) is 72.7. The zero-order valence-corrected chi connectivity index (χ0v) is 60.6. The lowest BCUT2D eigenvalue weighted by atomic mass is 9.82. The number of fused-ring (bicyclic) bond motifs is 18. The van der Waals surface area contributed by atoms with Crippen molar-refractivity contribution >= 4 is 109 Å². The highest BCUT2D eigenvalue weighted by Crippen LogP contribution is 2.51. The quantitative estimate of drug-likeness (QED) is 0.142. The molecule has 5 heterocycles. The highest BCUT2D eigenvalue weighted by molar-refractivity contribution is 6.16. The van der Waals surface area contributed by atoms with Crippen LogP contribution in [0.5, 0.6) is 0 Å². The van der Waals surface area contributed by atoms with Gasteiger partial charge >= 0.3 is 0 Å². The fourth-order valence-electron chi connectivity index (χ4n) is 18.2. The third kappa shape index (κ3) is 9.94. The van der Waals surface area contributed by atoms with E-state index in [1.807, 2.05) is 12.1 Å². The Kier molecular flexibility index (Phi) is 14.3. The lowest BCUT2D eigenvalue weighted by Crippen LogP contribution is -2.14. The van der Waals surface area contributed by atoms with Crippen LogP contribution in [0, 0.1) is 0 Å². The Morgan fingerprint density at radius 2 is 0.555 bits per heavy atom. The smallest absolute Gasteiger partial charge is 0.159 e. The van der Waals surface area contributed by atoms with Crippen LogP contribution in [0.15, 0.2) is 393 Å². The Labute approximate surface area is 635 Å². The van der Waals surface area contributed by atoms with Gasteiger partial charge in [0, 0.05) is 76.3 Å². The molecule has 22 aromatic rings. The molecule has 0 amide bonds. The number of hydrogen-bond acceptors (Lipinski definition) is 1. The van der Waals surface area contributed by atoms with Crippen molar-refractivity contribution < 1.29 is 4.42 Å². The van der Waals surface area contributed by atoms with Crippen LogP contribution in [0.25, 0.3) is 199 Å². The standard InChI is InChI=1S/C57H40N2.C48H30N2O/c1-57(2)51-22-12-9-19-45(51)48-36-43(27-28-52(48)57)58-53-23-13-10-20-46(53)49-34-39(25-29-55(49)58)40-26-30-56-50(35-40)47-21-11-14-24-54(47)59(56)44-32-41(37-15-5-3-6-16-37)31-42(33-44)38-17-7-4-8-18-38;1-2-12-31(13-3-1)32-14-10-15-35(28-32)49-42-20-7-4-16-36(42)40-29-33(24-26-44(40)49)34-25-27-45-41(30-34)37-17-5-8-21-43(37)50(45)46-22-11-19-39-38-18-6-9-23-47(38)51-48(39)46/h3-36H,1-2H3;1-30H. The van der Waals surface area contributed by atoms with E-state index >= 15 is 0 Å². The van der Waals surface area contributed by atoms with Crippen molar-refractivity contribution in [2.24, 2.45) is 0 Å². The molecule has 0 radical (unpaired) electrons. The molecule has 1 aliphatic carbocycles. The Balaban J connectivity index is 0.000000137. The molecule has 0 bridgehead atoms. The van der Waals surface area contributed by atoms with Crippen molar-refractivity contribution in [2.45, 2.75) is 19.3 Å². The Hall–Kier alpha value is -14.3. The first-order valence-electron chi connectivity index (χ1n) is 38.0. The Morgan fingerprint density at radius 3 is 1.07 bits per heavy atom. The monoisotopic (exact) mass is 1400 g/mol. The van der Waals surface area contributed by atoms with Crippen molar-refractivity contribution in [3.8, 4) is 89.5 Å². The minimum atomic E-state index is -0.0229. The molecule has 1 aliphatic rings. The molecule has 5 nitrogen and oxygen atoms in total. The molecule has 0 spiro atoms. The van der Waals surface area contributed by atoms with Crippen molar-refractivity contribution in [2.75, 3.05) is 0 Å². The van der Waals surface area contributed by atoms with Gasteiger partial charge in [0.2, 0.25) is 0 Å². The third-order valence-electron chi connectivity index (χ3n) is 23.4. The van der Waals surface area contributed by atoms with E-state index in [-0.39, 0.29) is 5.41 Å². The fraction of sp³-hybridized carbons (Fsp3) is 0.0286. The second-order valence-electron chi connectivity index (χ2n) is 29.9. The number of nitrogens with zero attached hydrogens (tertiary/aromatic N) is 4. The average molecular weight is 1400 g/mol. The van der Waals surface area contributed by atoms with Gasteiger partial charge in [-0.15, -0.1) is 0 Å². The van der Waals surface area contributed by atoms with E-state index in [4.69, 9.17) is 4.42 Å². The summed E-state index contributed by atoms with van der Waals surface area (Å²) in [5, 5.41) is 12.2. The largest absolute Gasteiger partial charge is 0.454 e. The van der Waals surface area contributed by atoms with Gasteiger partial charge in [0.15, 0.2) is 5.58 Å². The highest BCUT2D eigenvalue weighted by atomic mass is 16.3. The van der Waals surface area contributed by atoms with Crippen LogP contribution in [-0.4, -0.2) is 18.3 Å². The van der Waals surface area contributed by atoms with E-state index in [0.29, 0.717) is 0 Å². The second kappa shape index (κ2) is 24.9. The maximum atomic E-state index is 6.51. The van der Waals surface area contributed by atoms with Crippen LogP contribution in [-0.2, 0) is 5.41 Å². The summed E-state index contributed by atoms with van der Waals surface area (Å²) in [5.41, 5.74) is 33.4. The number of rotatable bonds is 9. The summed E-state index contributed by atoms with van der Waals surface area (Å²) in [6, 6.07) is 142. The molecular weight excluding hydrogens is 1330 g/mol. The molecule has 23 rings (SSSR count). The Morgan fingerprint density at radius 1 is 0.200 bits per heavy atom. The molecule has 0 unspecified atom stereocenters. The first kappa shape index (κ1) is 63.1. The molecule has 0 N–H and O–H groups in total. The summed E-state index contributed by atoms with van der Waals surface area (Å²) in [6.07, 6.45) is 0. The van der Waals surface area contributed by atoms with Crippen molar-refractivity contribution in [1.29, 1.82) is 0 Å². The first-order valence-corrected chi connectivity index (χ1v) is 38.0. The highest BCUT2D eigenvalue weighted by Gasteiger charge is 2.35. The zero-order valence-electron chi connectivity index (χ0n) is 60.6. The number of para-hydroxylation sites is 6. The number of benzene rings is 17. The average Bonchev–Trinajstić information content (AvgIpc) is 1.59. The Bertz CT molecular complexity index is 7430. The molecule has 0 atom stereocenters. The predicted molar refractivity (Wildman–Crippen MR) is 462 cm³/mol. The molecule has 5 heteroatoms. The predicted octanol–water partition coefficient (Wildman–Crippen LogP) is 28.3. The molecule has 0 fully saturated rings. The maximum Gasteiger partial charge on any atom is 0.159 e. The van der Waals surface area contributed by atoms with Gasteiger partial charge in [0.1, 0.15) is 5.58 Å². The summed E-state index contributed by atoms with van der Waals surface area (Å²) in [6.45, 7) is 4.69. The number of furan rings is 1. The molecule has 5 aromatic heterocycles. The van der Waals surface area contributed by atoms with Gasteiger partial charge in [-0.25, -0.2) is 0 Å². The first-order chi connectivity index (χ1) is 54.3. The van der Waals surface area contributed by atoms with Crippen LogP contribution in [0.2, 0.25) is 0 Å². The summed E-state index contributed by atoms with van der Waals surface area (Å²) in [4.78, 5) is 0. The molecule has 0 saturated carbocycles. The van der Waals surface area contributed by atoms with Crippen LogP contribution >= 0.6 is 0 Å². The molecule has 0 aliphatic heterocycles. The normalized spacial score (nSPS) is 12.5. The summed E-state index contributed by atoms with van der Waals surface area (Å²) in [5.74, 6) is 0. The van der Waals surface area contributed by atoms with Crippen LogP contribution in [0.3, 0.4) is 0 Å².